The SMILES string of the molecule is Cc1nc(-c2cccc(C(F)(F)F)c2)ccc1CCCCl. The summed E-state index contributed by atoms with van der Waals surface area (Å²) >= 11 is 5.66. The number of hydrogen-bond donors (Lipinski definition) is 0. The van der Waals surface area contributed by atoms with Gasteiger partial charge in [-0.15, -0.1) is 11.6 Å². The zero-order valence-corrected chi connectivity index (χ0v) is 12.3. The first-order chi connectivity index (χ1) is 9.91. The Bertz CT molecular complexity index is 623. The van der Waals surface area contributed by atoms with Crippen LogP contribution in [0.3, 0.4) is 0 Å². The second-order valence-corrected chi connectivity index (χ2v) is 5.19. The molecule has 0 spiro atoms. The molecule has 0 radical (unpaired) electrons. The Morgan fingerprint density at radius 2 is 1.90 bits per heavy atom. The van der Waals surface area contributed by atoms with Gasteiger partial charge in [0.1, 0.15) is 0 Å². The summed E-state index contributed by atoms with van der Waals surface area (Å²) in [4.78, 5) is 4.41. The van der Waals surface area contributed by atoms with Crippen LogP contribution in [0.4, 0.5) is 13.2 Å². The van der Waals surface area contributed by atoms with E-state index in [1.54, 1.807) is 12.1 Å². The number of rotatable bonds is 4. The topological polar surface area (TPSA) is 12.9 Å². The molecular formula is C16H15ClF3N. The molecule has 2 rings (SSSR count). The molecule has 0 N–H and O–H groups in total. The number of nitrogens with zero attached hydrogens (tertiary/aromatic N) is 1. The normalized spacial score (nSPS) is 11.7. The van der Waals surface area contributed by atoms with Crippen LogP contribution in [0.5, 0.6) is 0 Å². The summed E-state index contributed by atoms with van der Waals surface area (Å²) in [6, 6.07) is 8.88. The zero-order chi connectivity index (χ0) is 15.5. The highest BCUT2D eigenvalue weighted by Crippen LogP contribution is 2.31. The lowest BCUT2D eigenvalue weighted by Gasteiger charge is -2.10. The molecule has 0 fully saturated rings. The van der Waals surface area contributed by atoms with E-state index in [4.69, 9.17) is 11.6 Å². The molecule has 0 bridgehead atoms. The first-order valence-corrected chi connectivity index (χ1v) is 7.15. The van der Waals surface area contributed by atoms with Crippen LogP contribution in [0.15, 0.2) is 36.4 Å². The fourth-order valence-electron chi connectivity index (χ4n) is 2.13. The second kappa shape index (κ2) is 6.48. The smallest absolute Gasteiger partial charge is 0.253 e. The van der Waals surface area contributed by atoms with E-state index < -0.39 is 11.7 Å². The van der Waals surface area contributed by atoms with Crippen LogP contribution in [0.1, 0.15) is 23.2 Å². The highest BCUT2D eigenvalue weighted by atomic mass is 35.5. The molecule has 0 atom stereocenters. The molecule has 1 heterocycles. The second-order valence-electron chi connectivity index (χ2n) is 4.81. The van der Waals surface area contributed by atoms with E-state index in [-0.39, 0.29) is 0 Å². The van der Waals surface area contributed by atoms with Gasteiger partial charge in [0.25, 0.3) is 0 Å². The van der Waals surface area contributed by atoms with Crippen molar-refractivity contribution in [1.29, 1.82) is 0 Å². The zero-order valence-electron chi connectivity index (χ0n) is 11.5. The van der Waals surface area contributed by atoms with E-state index in [1.807, 2.05) is 13.0 Å². The Morgan fingerprint density at radius 3 is 2.52 bits per heavy atom. The monoisotopic (exact) mass is 313 g/mol. The molecule has 0 aliphatic rings. The molecule has 21 heavy (non-hydrogen) atoms. The van der Waals surface area contributed by atoms with Crippen molar-refractivity contribution in [3.63, 3.8) is 0 Å². The van der Waals surface area contributed by atoms with Crippen LogP contribution in [0, 0.1) is 6.92 Å². The Kier molecular flexibility index (Phi) is 4.88. The molecule has 1 nitrogen and oxygen atoms in total. The predicted molar refractivity (Wildman–Crippen MR) is 78.5 cm³/mol. The number of pyridine rings is 1. The van der Waals surface area contributed by atoms with Gasteiger partial charge in [-0.25, -0.2) is 0 Å². The van der Waals surface area contributed by atoms with Crippen LogP contribution in [0.2, 0.25) is 0 Å². The van der Waals surface area contributed by atoms with Gasteiger partial charge in [0, 0.05) is 17.1 Å². The third kappa shape index (κ3) is 3.97. The van der Waals surface area contributed by atoms with E-state index in [1.165, 1.54) is 6.07 Å². The van der Waals surface area contributed by atoms with E-state index in [9.17, 15) is 13.2 Å². The lowest BCUT2D eigenvalue weighted by atomic mass is 10.0. The molecule has 5 heteroatoms. The van der Waals surface area contributed by atoms with Crippen molar-refractivity contribution >= 4 is 11.6 Å². The van der Waals surface area contributed by atoms with E-state index >= 15 is 0 Å². The van der Waals surface area contributed by atoms with Gasteiger partial charge in [-0.3, -0.25) is 4.98 Å². The van der Waals surface area contributed by atoms with E-state index in [2.05, 4.69) is 4.98 Å². The molecule has 0 saturated heterocycles. The van der Waals surface area contributed by atoms with Crippen LogP contribution < -0.4 is 0 Å². The van der Waals surface area contributed by atoms with Gasteiger partial charge in [0.05, 0.1) is 11.3 Å². The third-order valence-electron chi connectivity index (χ3n) is 3.26. The number of halogens is 4. The summed E-state index contributed by atoms with van der Waals surface area (Å²) in [5, 5.41) is 0. The van der Waals surface area contributed by atoms with Crippen molar-refractivity contribution in [1.82, 2.24) is 4.98 Å². The standard InChI is InChI=1S/C16H15ClF3N/c1-11-12(5-3-9-17)7-8-15(21-11)13-4-2-6-14(10-13)16(18,19)20/h2,4,6-8,10H,3,5,9H2,1H3. The Morgan fingerprint density at radius 1 is 1.14 bits per heavy atom. The maximum atomic E-state index is 12.7. The lowest BCUT2D eigenvalue weighted by molar-refractivity contribution is -0.137. The van der Waals surface area contributed by atoms with Crippen molar-refractivity contribution in [2.24, 2.45) is 0 Å². The number of alkyl halides is 4. The average molecular weight is 314 g/mol. The molecule has 1 aromatic heterocycles. The number of benzene rings is 1. The molecule has 0 amide bonds. The van der Waals surface area contributed by atoms with Crippen LogP contribution >= 0.6 is 11.6 Å². The minimum atomic E-state index is -4.34. The Balaban J connectivity index is 2.32. The minimum absolute atomic E-state index is 0.469. The summed E-state index contributed by atoms with van der Waals surface area (Å²) < 4.78 is 38.2. The Labute approximate surface area is 126 Å². The van der Waals surface area contributed by atoms with Crippen LogP contribution in [-0.2, 0) is 12.6 Å². The number of aryl methyl sites for hydroxylation is 2. The van der Waals surface area contributed by atoms with Crippen LogP contribution in [0.25, 0.3) is 11.3 Å². The van der Waals surface area contributed by atoms with Gasteiger partial charge >= 0.3 is 6.18 Å². The highest BCUT2D eigenvalue weighted by Gasteiger charge is 2.30. The quantitative estimate of drug-likeness (QED) is 0.703. The fraction of sp³-hybridized carbons (Fsp3) is 0.312. The maximum absolute atomic E-state index is 12.7. The molecular weight excluding hydrogens is 299 g/mol. The van der Waals surface area contributed by atoms with E-state index in [0.717, 1.165) is 36.2 Å². The molecule has 2 aromatic rings. The van der Waals surface area contributed by atoms with Crippen molar-refractivity contribution in [2.45, 2.75) is 25.9 Å². The molecule has 1 aromatic carbocycles. The van der Waals surface area contributed by atoms with Crippen molar-refractivity contribution in [3.05, 3.63) is 53.2 Å². The minimum Gasteiger partial charge on any atom is -0.253 e. The van der Waals surface area contributed by atoms with Gasteiger partial charge in [-0.1, -0.05) is 18.2 Å². The molecule has 0 saturated carbocycles. The first kappa shape index (κ1) is 15.8. The van der Waals surface area contributed by atoms with Gasteiger partial charge in [0.2, 0.25) is 0 Å². The lowest BCUT2D eigenvalue weighted by Crippen LogP contribution is -2.04. The molecule has 112 valence electrons. The van der Waals surface area contributed by atoms with Gasteiger partial charge < -0.3 is 0 Å². The molecule has 0 unspecified atom stereocenters. The predicted octanol–water partition coefficient (Wildman–Crippen LogP) is 5.25. The largest absolute Gasteiger partial charge is 0.416 e. The molecule has 0 aliphatic carbocycles. The summed E-state index contributed by atoms with van der Waals surface area (Å²) in [6.45, 7) is 1.86. The average Bonchev–Trinajstić information content (AvgIpc) is 2.45. The third-order valence-corrected chi connectivity index (χ3v) is 3.53. The first-order valence-electron chi connectivity index (χ1n) is 6.62. The number of hydrogen-bond acceptors (Lipinski definition) is 1. The van der Waals surface area contributed by atoms with Gasteiger partial charge in [-0.05, 0) is 43.5 Å². The van der Waals surface area contributed by atoms with Crippen molar-refractivity contribution in [2.75, 3.05) is 5.88 Å². The summed E-state index contributed by atoms with van der Waals surface area (Å²) in [5.41, 5.74) is 2.26. The summed E-state index contributed by atoms with van der Waals surface area (Å²) in [6.07, 6.45) is -2.66. The van der Waals surface area contributed by atoms with Gasteiger partial charge in [-0.2, -0.15) is 13.2 Å². The van der Waals surface area contributed by atoms with E-state index in [0.29, 0.717) is 17.1 Å². The van der Waals surface area contributed by atoms with Gasteiger partial charge in [0.15, 0.2) is 0 Å². The van der Waals surface area contributed by atoms with Crippen LogP contribution in [-0.4, -0.2) is 10.9 Å². The Hall–Kier alpha value is -1.55. The highest BCUT2D eigenvalue weighted by molar-refractivity contribution is 6.17. The molecule has 0 aliphatic heterocycles. The van der Waals surface area contributed by atoms with Crippen molar-refractivity contribution < 1.29 is 13.2 Å². The fourth-order valence-corrected chi connectivity index (χ4v) is 2.26. The van der Waals surface area contributed by atoms with Crippen molar-refractivity contribution in [3.8, 4) is 11.3 Å². The summed E-state index contributed by atoms with van der Waals surface area (Å²) in [7, 11) is 0. The summed E-state index contributed by atoms with van der Waals surface area (Å²) in [5.74, 6) is 0.578. The maximum Gasteiger partial charge on any atom is 0.416 e. The number of aromatic nitrogens is 1.